The summed E-state index contributed by atoms with van der Waals surface area (Å²) in [5.41, 5.74) is 4.05. The molecular weight excluding hydrogens is 234 g/mol. The Hall–Kier alpha value is -0.860. The van der Waals surface area contributed by atoms with Crippen LogP contribution in [0.25, 0.3) is 0 Å². The summed E-state index contributed by atoms with van der Waals surface area (Å²) < 4.78 is 5.71. The van der Waals surface area contributed by atoms with E-state index in [9.17, 15) is 0 Å². The lowest BCUT2D eigenvalue weighted by Crippen LogP contribution is -2.34. The molecule has 1 aromatic rings. The smallest absolute Gasteiger partial charge is 0.0765 e. The highest BCUT2D eigenvalue weighted by atomic mass is 16.5. The number of aryl methyl sites for hydroxylation is 2. The van der Waals surface area contributed by atoms with Crippen molar-refractivity contribution in [1.29, 1.82) is 0 Å². The zero-order chi connectivity index (χ0) is 14.3. The number of methoxy groups -OCH3 is 1. The maximum Gasteiger partial charge on any atom is 0.0765 e. The number of hydrogen-bond acceptors (Lipinski definition) is 2. The largest absolute Gasteiger partial charge is 0.379 e. The van der Waals surface area contributed by atoms with E-state index in [1.165, 1.54) is 16.7 Å². The van der Waals surface area contributed by atoms with Gasteiger partial charge in [-0.1, -0.05) is 38.5 Å². The molecule has 1 aromatic carbocycles. The molecule has 0 spiro atoms. The van der Waals surface area contributed by atoms with Gasteiger partial charge in [-0.2, -0.15) is 0 Å². The fraction of sp³-hybridized carbons (Fsp3) is 0.647. The second-order valence-electron chi connectivity index (χ2n) is 5.34. The Kier molecular flexibility index (Phi) is 7.11. The van der Waals surface area contributed by atoms with Gasteiger partial charge in [0.2, 0.25) is 0 Å². The lowest BCUT2D eigenvalue weighted by Gasteiger charge is -2.28. The van der Waals surface area contributed by atoms with Crippen LogP contribution < -0.4 is 5.32 Å². The van der Waals surface area contributed by atoms with Crippen LogP contribution in [-0.4, -0.2) is 19.8 Å². The molecule has 0 bridgehead atoms. The van der Waals surface area contributed by atoms with Gasteiger partial charge in [0.25, 0.3) is 0 Å². The van der Waals surface area contributed by atoms with Crippen LogP contribution in [0.1, 0.15) is 55.8 Å². The van der Waals surface area contributed by atoms with Gasteiger partial charge < -0.3 is 10.1 Å². The average Bonchev–Trinajstić information content (AvgIpc) is 2.41. The Morgan fingerprint density at radius 2 is 1.84 bits per heavy atom. The molecule has 0 fully saturated rings. The first-order chi connectivity index (χ1) is 9.13. The standard InChI is InChI=1S/C17H29NO/c1-6-8-16(19-5)17(18-11-7-2)15-10-9-13(3)14(4)12-15/h9-10,12,16-18H,6-8,11H2,1-5H3. The zero-order valence-electron chi connectivity index (χ0n) is 13.1. The van der Waals surface area contributed by atoms with Crippen LogP contribution >= 0.6 is 0 Å². The third kappa shape index (κ3) is 4.63. The van der Waals surface area contributed by atoms with Crippen molar-refractivity contribution >= 4 is 0 Å². The number of ether oxygens (including phenoxy) is 1. The fourth-order valence-corrected chi connectivity index (χ4v) is 2.43. The van der Waals surface area contributed by atoms with E-state index in [4.69, 9.17) is 4.74 Å². The average molecular weight is 263 g/mol. The molecule has 2 unspecified atom stereocenters. The van der Waals surface area contributed by atoms with E-state index in [1.54, 1.807) is 0 Å². The van der Waals surface area contributed by atoms with Gasteiger partial charge in [0, 0.05) is 7.11 Å². The van der Waals surface area contributed by atoms with Gasteiger partial charge in [-0.25, -0.2) is 0 Å². The van der Waals surface area contributed by atoms with E-state index in [2.05, 4.69) is 51.2 Å². The third-order valence-corrected chi connectivity index (χ3v) is 3.75. The van der Waals surface area contributed by atoms with E-state index in [0.29, 0.717) is 6.04 Å². The minimum atomic E-state index is 0.249. The molecule has 0 aliphatic heterocycles. The topological polar surface area (TPSA) is 21.3 Å². The maximum absolute atomic E-state index is 5.71. The van der Waals surface area contributed by atoms with Crippen LogP contribution in [-0.2, 0) is 4.74 Å². The Labute approximate surface area is 118 Å². The molecule has 0 aliphatic rings. The van der Waals surface area contributed by atoms with Crippen molar-refractivity contribution in [3.05, 3.63) is 34.9 Å². The Morgan fingerprint density at radius 1 is 1.11 bits per heavy atom. The van der Waals surface area contributed by atoms with Gasteiger partial charge >= 0.3 is 0 Å². The molecule has 1 rings (SSSR count). The van der Waals surface area contributed by atoms with E-state index in [0.717, 1.165) is 25.8 Å². The van der Waals surface area contributed by atoms with Gasteiger partial charge in [0.05, 0.1) is 12.1 Å². The van der Waals surface area contributed by atoms with Crippen LogP contribution in [0, 0.1) is 13.8 Å². The molecule has 2 atom stereocenters. The number of rotatable bonds is 8. The highest BCUT2D eigenvalue weighted by Gasteiger charge is 2.21. The van der Waals surface area contributed by atoms with E-state index >= 15 is 0 Å². The zero-order valence-corrected chi connectivity index (χ0v) is 13.1. The van der Waals surface area contributed by atoms with E-state index < -0.39 is 0 Å². The molecule has 0 amide bonds. The van der Waals surface area contributed by atoms with Crippen LogP contribution in [0.2, 0.25) is 0 Å². The van der Waals surface area contributed by atoms with Crippen molar-refractivity contribution in [2.75, 3.05) is 13.7 Å². The summed E-state index contributed by atoms with van der Waals surface area (Å²) in [5.74, 6) is 0. The van der Waals surface area contributed by atoms with Crippen LogP contribution in [0.4, 0.5) is 0 Å². The molecule has 108 valence electrons. The summed E-state index contributed by atoms with van der Waals surface area (Å²) in [4.78, 5) is 0. The molecule has 0 aliphatic carbocycles. The highest BCUT2D eigenvalue weighted by Crippen LogP contribution is 2.24. The Balaban J connectivity index is 2.96. The summed E-state index contributed by atoms with van der Waals surface area (Å²) in [7, 11) is 1.82. The number of benzene rings is 1. The SMILES string of the molecule is CCCNC(c1ccc(C)c(C)c1)C(CCC)OC. The van der Waals surface area contributed by atoms with Crippen molar-refractivity contribution in [3.8, 4) is 0 Å². The van der Waals surface area contributed by atoms with E-state index in [1.807, 2.05) is 7.11 Å². The Bertz CT molecular complexity index is 376. The quantitative estimate of drug-likeness (QED) is 0.760. The van der Waals surface area contributed by atoms with Crippen LogP contribution in [0.3, 0.4) is 0 Å². The lowest BCUT2D eigenvalue weighted by molar-refractivity contribution is 0.0606. The van der Waals surface area contributed by atoms with Gasteiger partial charge in [-0.15, -0.1) is 0 Å². The lowest BCUT2D eigenvalue weighted by atomic mass is 9.95. The predicted molar refractivity (Wildman–Crippen MR) is 82.7 cm³/mol. The molecule has 0 saturated heterocycles. The molecule has 2 heteroatoms. The minimum absolute atomic E-state index is 0.249. The van der Waals surface area contributed by atoms with E-state index in [-0.39, 0.29) is 6.10 Å². The van der Waals surface area contributed by atoms with Crippen molar-refractivity contribution in [1.82, 2.24) is 5.32 Å². The third-order valence-electron chi connectivity index (χ3n) is 3.75. The van der Waals surface area contributed by atoms with Crippen LogP contribution in [0.15, 0.2) is 18.2 Å². The fourth-order valence-electron chi connectivity index (χ4n) is 2.43. The van der Waals surface area contributed by atoms with Crippen molar-refractivity contribution in [2.24, 2.45) is 0 Å². The number of hydrogen-bond donors (Lipinski definition) is 1. The van der Waals surface area contributed by atoms with Crippen LogP contribution in [0.5, 0.6) is 0 Å². The van der Waals surface area contributed by atoms with Gasteiger partial charge in [-0.05, 0) is 49.9 Å². The summed E-state index contributed by atoms with van der Waals surface area (Å²) in [6.07, 6.45) is 3.63. The molecule has 19 heavy (non-hydrogen) atoms. The molecule has 0 aromatic heterocycles. The summed E-state index contributed by atoms with van der Waals surface area (Å²) >= 11 is 0. The molecular formula is C17H29NO. The van der Waals surface area contributed by atoms with Gasteiger partial charge in [-0.3, -0.25) is 0 Å². The van der Waals surface area contributed by atoms with Crippen molar-refractivity contribution in [2.45, 2.75) is 59.1 Å². The highest BCUT2D eigenvalue weighted by molar-refractivity contribution is 5.32. The minimum Gasteiger partial charge on any atom is -0.379 e. The van der Waals surface area contributed by atoms with Gasteiger partial charge in [0.1, 0.15) is 0 Å². The molecule has 1 N–H and O–H groups in total. The number of nitrogens with one attached hydrogen (secondary N) is 1. The summed E-state index contributed by atoms with van der Waals surface area (Å²) in [5, 5.41) is 3.64. The maximum atomic E-state index is 5.71. The summed E-state index contributed by atoms with van der Waals surface area (Å²) in [6.45, 7) is 9.78. The first-order valence-corrected chi connectivity index (χ1v) is 7.47. The van der Waals surface area contributed by atoms with Crippen molar-refractivity contribution < 1.29 is 4.74 Å². The normalized spacial score (nSPS) is 14.4. The Morgan fingerprint density at radius 3 is 2.37 bits per heavy atom. The first kappa shape index (κ1) is 16.2. The molecule has 0 radical (unpaired) electrons. The molecule has 0 heterocycles. The second kappa shape index (κ2) is 8.34. The second-order valence-corrected chi connectivity index (χ2v) is 5.34. The summed E-state index contributed by atoms with van der Waals surface area (Å²) in [6, 6.07) is 7.04. The predicted octanol–water partition coefficient (Wildman–Crippen LogP) is 4.16. The van der Waals surface area contributed by atoms with Gasteiger partial charge in [0.15, 0.2) is 0 Å². The van der Waals surface area contributed by atoms with Crippen molar-refractivity contribution in [3.63, 3.8) is 0 Å². The monoisotopic (exact) mass is 263 g/mol. The first-order valence-electron chi connectivity index (χ1n) is 7.47. The molecule has 2 nitrogen and oxygen atoms in total. The molecule has 0 saturated carbocycles.